The molecule has 9 heteroatoms. The number of fused-ring (bicyclic) bond motifs is 3. The van der Waals surface area contributed by atoms with Gasteiger partial charge in [-0.3, -0.25) is 14.4 Å². The van der Waals surface area contributed by atoms with Crippen LogP contribution in [0.3, 0.4) is 0 Å². The molecule has 0 bridgehead atoms. The van der Waals surface area contributed by atoms with Crippen LogP contribution in [0.15, 0.2) is 48.0 Å². The number of para-hydroxylation sites is 1. The van der Waals surface area contributed by atoms with Crippen molar-refractivity contribution in [3.8, 4) is 11.5 Å². The number of nitrogens with zero attached hydrogens (tertiary/aromatic N) is 2. The zero-order valence-electron chi connectivity index (χ0n) is 20.6. The predicted molar refractivity (Wildman–Crippen MR) is 133 cm³/mol. The molecule has 0 aromatic heterocycles. The second kappa shape index (κ2) is 8.92. The number of hydrogen-bond acceptors (Lipinski definition) is 7. The molecule has 2 amide bonds. The van der Waals surface area contributed by atoms with E-state index in [1.165, 1.54) is 4.90 Å². The number of likely N-dealkylation sites (tertiary alicyclic amines) is 1. The van der Waals surface area contributed by atoms with E-state index in [1.807, 2.05) is 19.1 Å². The Kier molecular flexibility index (Phi) is 5.67. The molecule has 1 N–H and O–H groups in total. The summed E-state index contributed by atoms with van der Waals surface area (Å²) in [5.74, 6) is -1.63. The van der Waals surface area contributed by atoms with Gasteiger partial charge in [-0.2, -0.15) is 0 Å². The molecule has 0 aliphatic carbocycles. The first kappa shape index (κ1) is 23.5. The first-order valence-corrected chi connectivity index (χ1v) is 12.7. The van der Waals surface area contributed by atoms with Crippen molar-refractivity contribution in [1.82, 2.24) is 4.90 Å². The summed E-state index contributed by atoms with van der Waals surface area (Å²) in [5.41, 5.74) is -0.629. The SMILES string of the molecule is CCCN1C(=O)[C@@]2(/C(=C(\O)c3ccc4c(c3)OCCO4)C(=O)C(=O)N2C[C@@H]2CCCO2)c2ccccc21. The Balaban J connectivity index is 1.59. The summed E-state index contributed by atoms with van der Waals surface area (Å²) in [5, 5.41) is 11.7. The number of ether oxygens (including phenoxy) is 3. The average molecular weight is 505 g/mol. The van der Waals surface area contributed by atoms with Crippen LogP contribution in [0, 0.1) is 0 Å². The second-order valence-electron chi connectivity index (χ2n) is 9.65. The summed E-state index contributed by atoms with van der Waals surface area (Å²) in [4.78, 5) is 44.6. The van der Waals surface area contributed by atoms with Gasteiger partial charge < -0.3 is 29.1 Å². The maximum absolute atomic E-state index is 14.4. The van der Waals surface area contributed by atoms with Crippen LogP contribution in [0.4, 0.5) is 5.69 Å². The Bertz CT molecular complexity index is 1330. The lowest BCUT2D eigenvalue weighted by molar-refractivity contribution is -0.145. The maximum Gasteiger partial charge on any atom is 0.296 e. The molecule has 2 aromatic carbocycles. The Hall–Kier alpha value is -3.85. The maximum atomic E-state index is 14.4. The molecule has 192 valence electrons. The van der Waals surface area contributed by atoms with Gasteiger partial charge in [-0.25, -0.2) is 0 Å². The van der Waals surface area contributed by atoms with Gasteiger partial charge >= 0.3 is 0 Å². The number of anilines is 1. The van der Waals surface area contributed by atoms with E-state index >= 15 is 0 Å². The standard InChI is InChI=1S/C28H28N2O7/c1-2-11-29-20-8-4-3-7-19(20)28(27(29)34)23(25(32)26(33)30(28)16-18-6-5-12-35-18)24(31)17-9-10-21-22(15-17)37-14-13-36-21/h3-4,7-10,15,18,31H,2,5-6,11-14,16H2,1H3/b24-23-/t18-,28-/m0/s1. The molecule has 2 saturated heterocycles. The topological polar surface area (TPSA) is 106 Å². The fourth-order valence-corrected chi connectivity index (χ4v) is 5.89. The smallest absolute Gasteiger partial charge is 0.296 e. The summed E-state index contributed by atoms with van der Waals surface area (Å²) in [6.45, 7) is 3.76. The number of aliphatic hydroxyl groups is 1. The van der Waals surface area contributed by atoms with Crippen molar-refractivity contribution in [2.75, 3.05) is 37.8 Å². The van der Waals surface area contributed by atoms with E-state index in [-0.39, 0.29) is 23.8 Å². The second-order valence-corrected chi connectivity index (χ2v) is 9.65. The minimum Gasteiger partial charge on any atom is -0.507 e. The minimum absolute atomic E-state index is 0.0720. The third-order valence-corrected chi connectivity index (χ3v) is 7.48. The monoisotopic (exact) mass is 504 g/mol. The molecule has 4 aliphatic heterocycles. The van der Waals surface area contributed by atoms with Crippen LogP contribution >= 0.6 is 0 Å². The van der Waals surface area contributed by atoms with Gasteiger partial charge in [0.05, 0.1) is 17.4 Å². The number of Topliss-reactive ketones (excluding diaryl/α,β-unsaturated/α-hetero) is 1. The number of carbonyl (C=O) groups excluding carboxylic acids is 3. The van der Waals surface area contributed by atoms with Crippen molar-refractivity contribution < 1.29 is 33.7 Å². The van der Waals surface area contributed by atoms with Crippen LogP contribution in [0.25, 0.3) is 5.76 Å². The van der Waals surface area contributed by atoms with E-state index < -0.39 is 28.9 Å². The van der Waals surface area contributed by atoms with Crippen LogP contribution in [0.2, 0.25) is 0 Å². The highest BCUT2D eigenvalue weighted by Crippen LogP contribution is 2.54. The predicted octanol–water partition coefficient (Wildman–Crippen LogP) is 2.97. The molecule has 0 unspecified atom stereocenters. The van der Waals surface area contributed by atoms with E-state index in [0.29, 0.717) is 55.5 Å². The van der Waals surface area contributed by atoms with Gasteiger partial charge in [0.1, 0.15) is 19.0 Å². The minimum atomic E-state index is -1.79. The molecule has 2 aromatic rings. The Morgan fingerprint density at radius 3 is 2.59 bits per heavy atom. The van der Waals surface area contributed by atoms with E-state index in [9.17, 15) is 19.5 Å². The molecule has 2 atom stereocenters. The number of carbonyl (C=O) groups is 3. The van der Waals surface area contributed by atoms with Gasteiger partial charge in [0.25, 0.3) is 17.6 Å². The third kappa shape index (κ3) is 3.37. The van der Waals surface area contributed by atoms with Gasteiger partial charge in [0.15, 0.2) is 17.0 Å². The Labute approximate surface area is 214 Å². The van der Waals surface area contributed by atoms with Crippen molar-refractivity contribution in [1.29, 1.82) is 0 Å². The first-order chi connectivity index (χ1) is 18.0. The molecule has 1 spiro atoms. The van der Waals surface area contributed by atoms with Crippen molar-refractivity contribution >= 4 is 29.0 Å². The highest BCUT2D eigenvalue weighted by molar-refractivity contribution is 6.50. The van der Waals surface area contributed by atoms with E-state index in [4.69, 9.17) is 14.2 Å². The van der Waals surface area contributed by atoms with Crippen LogP contribution in [-0.4, -0.2) is 66.6 Å². The number of ketones is 1. The molecule has 9 nitrogen and oxygen atoms in total. The summed E-state index contributed by atoms with van der Waals surface area (Å²) < 4.78 is 17.1. The number of aliphatic hydroxyl groups excluding tert-OH is 1. The molecule has 6 rings (SSSR count). The van der Waals surface area contributed by atoms with Crippen LogP contribution in [-0.2, 0) is 24.7 Å². The van der Waals surface area contributed by atoms with Gasteiger partial charge in [-0.05, 0) is 43.5 Å². The van der Waals surface area contributed by atoms with Crippen LogP contribution in [0.1, 0.15) is 37.3 Å². The molecule has 4 aliphatic rings. The lowest BCUT2D eigenvalue weighted by Crippen LogP contribution is -2.53. The average Bonchev–Trinajstić information content (AvgIpc) is 3.58. The van der Waals surface area contributed by atoms with Crippen LogP contribution < -0.4 is 14.4 Å². The largest absolute Gasteiger partial charge is 0.507 e. The first-order valence-electron chi connectivity index (χ1n) is 12.7. The van der Waals surface area contributed by atoms with E-state index in [2.05, 4.69) is 0 Å². The van der Waals surface area contributed by atoms with Gasteiger partial charge in [-0.1, -0.05) is 25.1 Å². The van der Waals surface area contributed by atoms with Crippen molar-refractivity contribution in [2.45, 2.75) is 37.8 Å². The van der Waals surface area contributed by atoms with E-state index in [1.54, 1.807) is 35.2 Å². The number of rotatable bonds is 5. The summed E-state index contributed by atoms with van der Waals surface area (Å²) in [7, 11) is 0. The lowest BCUT2D eigenvalue weighted by atomic mass is 9.81. The number of benzene rings is 2. The van der Waals surface area contributed by atoms with Crippen molar-refractivity contribution in [2.24, 2.45) is 0 Å². The molecular formula is C28H28N2O7. The Morgan fingerprint density at radius 2 is 1.84 bits per heavy atom. The number of hydrogen-bond donors (Lipinski definition) is 1. The molecule has 2 fully saturated rings. The molecule has 37 heavy (non-hydrogen) atoms. The van der Waals surface area contributed by atoms with E-state index in [0.717, 1.165) is 12.8 Å². The molecule has 0 saturated carbocycles. The van der Waals surface area contributed by atoms with Crippen LogP contribution in [0.5, 0.6) is 11.5 Å². The Morgan fingerprint density at radius 1 is 1.05 bits per heavy atom. The lowest BCUT2D eigenvalue weighted by Gasteiger charge is -2.35. The third-order valence-electron chi connectivity index (χ3n) is 7.48. The molecule has 4 heterocycles. The molecule has 0 radical (unpaired) electrons. The van der Waals surface area contributed by atoms with Gasteiger partial charge in [-0.15, -0.1) is 0 Å². The van der Waals surface area contributed by atoms with Crippen molar-refractivity contribution in [3.63, 3.8) is 0 Å². The summed E-state index contributed by atoms with van der Waals surface area (Å²) in [6, 6.07) is 12.0. The number of amides is 2. The van der Waals surface area contributed by atoms with Gasteiger partial charge in [0, 0.05) is 30.8 Å². The zero-order valence-corrected chi connectivity index (χ0v) is 20.6. The summed E-state index contributed by atoms with van der Waals surface area (Å²) in [6.07, 6.45) is 1.93. The normalized spacial score (nSPS) is 25.9. The highest BCUT2D eigenvalue weighted by atomic mass is 16.6. The summed E-state index contributed by atoms with van der Waals surface area (Å²) >= 11 is 0. The fraction of sp³-hybridized carbons (Fsp3) is 0.393. The zero-order chi connectivity index (χ0) is 25.7. The highest BCUT2D eigenvalue weighted by Gasteiger charge is 2.67. The van der Waals surface area contributed by atoms with Crippen molar-refractivity contribution in [3.05, 3.63) is 59.2 Å². The molecular weight excluding hydrogens is 476 g/mol. The quantitative estimate of drug-likeness (QED) is 0.379. The fourth-order valence-electron chi connectivity index (χ4n) is 5.89. The van der Waals surface area contributed by atoms with Gasteiger partial charge in [0.2, 0.25) is 0 Å².